The Balaban J connectivity index is 2.20. The maximum Gasteiger partial charge on any atom is 0.307 e. The lowest BCUT2D eigenvalue weighted by atomic mass is 10.2. The molecule has 1 atom stereocenters. The molecule has 0 saturated carbocycles. The lowest BCUT2D eigenvalue weighted by Gasteiger charge is -2.14. The minimum Gasteiger partial charge on any atom is -0.369 e. The number of benzene rings is 1. The van der Waals surface area contributed by atoms with Crippen molar-refractivity contribution < 1.29 is 17.1 Å². The number of nitrogens with zero attached hydrogens (tertiary/aromatic N) is 3. The zero-order chi connectivity index (χ0) is 17.2. The first-order valence-electron chi connectivity index (χ1n) is 6.66. The van der Waals surface area contributed by atoms with Crippen molar-refractivity contribution >= 4 is 33.7 Å². The lowest BCUT2D eigenvalue weighted by Crippen LogP contribution is -2.40. The quantitative estimate of drug-likeness (QED) is 0.449. The van der Waals surface area contributed by atoms with E-state index in [0.29, 0.717) is 5.69 Å². The Morgan fingerprint density at radius 1 is 1.35 bits per heavy atom. The SMILES string of the molecule is Cc1ccccc1N=C(N)/N=C(\N)N1CC(S(=O)(=O)F)CC1=O. The van der Waals surface area contributed by atoms with Crippen LogP contribution in [0.2, 0.25) is 0 Å². The number of nitrogens with two attached hydrogens (primary N) is 2. The largest absolute Gasteiger partial charge is 0.369 e. The van der Waals surface area contributed by atoms with Crippen molar-refractivity contribution in [1.29, 1.82) is 0 Å². The third-order valence-corrected chi connectivity index (χ3v) is 4.46. The highest BCUT2D eigenvalue weighted by Crippen LogP contribution is 2.20. The molecule has 0 aliphatic carbocycles. The van der Waals surface area contributed by atoms with Crippen molar-refractivity contribution in [3.05, 3.63) is 29.8 Å². The summed E-state index contributed by atoms with van der Waals surface area (Å²) >= 11 is 0. The van der Waals surface area contributed by atoms with E-state index in [1.54, 1.807) is 12.1 Å². The summed E-state index contributed by atoms with van der Waals surface area (Å²) < 4.78 is 34.7. The average Bonchev–Trinajstić information content (AvgIpc) is 2.83. The molecule has 1 saturated heterocycles. The number of amides is 1. The topological polar surface area (TPSA) is 131 Å². The number of likely N-dealkylation sites (tertiary alicyclic amines) is 1. The first-order chi connectivity index (χ1) is 10.7. The van der Waals surface area contributed by atoms with Crippen LogP contribution in [0.3, 0.4) is 0 Å². The highest BCUT2D eigenvalue weighted by atomic mass is 32.3. The lowest BCUT2D eigenvalue weighted by molar-refractivity contribution is -0.124. The van der Waals surface area contributed by atoms with Crippen LogP contribution in [-0.2, 0) is 15.0 Å². The Labute approximate surface area is 132 Å². The third-order valence-electron chi connectivity index (χ3n) is 3.34. The summed E-state index contributed by atoms with van der Waals surface area (Å²) in [5, 5.41) is -1.45. The van der Waals surface area contributed by atoms with Gasteiger partial charge in [0.2, 0.25) is 17.8 Å². The van der Waals surface area contributed by atoms with Gasteiger partial charge in [-0.1, -0.05) is 18.2 Å². The van der Waals surface area contributed by atoms with E-state index in [4.69, 9.17) is 11.5 Å². The number of carbonyl (C=O) groups is 1. The van der Waals surface area contributed by atoms with E-state index in [0.717, 1.165) is 10.5 Å². The van der Waals surface area contributed by atoms with Gasteiger partial charge in [0.1, 0.15) is 5.25 Å². The smallest absolute Gasteiger partial charge is 0.307 e. The predicted octanol–water partition coefficient (Wildman–Crippen LogP) is 0.156. The predicted molar refractivity (Wildman–Crippen MR) is 84.2 cm³/mol. The van der Waals surface area contributed by atoms with Gasteiger partial charge in [0.15, 0.2) is 0 Å². The first kappa shape index (κ1) is 16.9. The van der Waals surface area contributed by atoms with Gasteiger partial charge >= 0.3 is 10.2 Å². The monoisotopic (exact) mass is 341 g/mol. The normalized spacial score (nSPS) is 20.2. The molecule has 1 amide bonds. The molecule has 124 valence electrons. The molecule has 1 fully saturated rings. The molecule has 1 unspecified atom stereocenters. The number of hydrogen-bond donors (Lipinski definition) is 2. The molecular formula is C13H16FN5O3S. The van der Waals surface area contributed by atoms with Crippen LogP contribution in [0, 0.1) is 6.92 Å². The van der Waals surface area contributed by atoms with E-state index in [1.807, 2.05) is 19.1 Å². The molecule has 0 radical (unpaired) electrons. The second-order valence-electron chi connectivity index (χ2n) is 5.03. The zero-order valence-electron chi connectivity index (χ0n) is 12.3. The van der Waals surface area contributed by atoms with E-state index in [9.17, 15) is 17.1 Å². The van der Waals surface area contributed by atoms with Crippen molar-refractivity contribution in [2.75, 3.05) is 6.54 Å². The molecule has 1 aliphatic heterocycles. The van der Waals surface area contributed by atoms with Gasteiger partial charge in [-0.3, -0.25) is 9.69 Å². The van der Waals surface area contributed by atoms with E-state index in [-0.39, 0.29) is 11.9 Å². The average molecular weight is 341 g/mol. The fourth-order valence-electron chi connectivity index (χ4n) is 2.10. The Morgan fingerprint density at radius 2 is 2.00 bits per heavy atom. The number of para-hydroxylation sites is 1. The molecule has 23 heavy (non-hydrogen) atoms. The van der Waals surface area contributed by atoms with Gasteiger partial charge < -0.3 is 11.5 Å². The van der Waals surface area contributed by atoms with E-state index in [2.05, 4.69) is 9.98 Å². The summed E-state index contributed by atoms with van der Waals surface area (Å²) in [6.45, 7) is 1.44. The van der Waals surface area contributed by atoms with E-state index < -0.39 is 34.3 Å². The van der Waals surface area contributed by atoms with Crippen molar-refractivity contribution in [2.45, 2.75) is 18.6 Å². The summed E-state index contributed by atoms with van der Waals surface area (Å²) in [6.07, 6.45) is -0.482. The van der Waals surface area contributed by atoms with Crippen LogP contribution in [-0.4, -0.2) is 42.9 Å². The highest BCUT2D eigenvalue weighted by Gasteiger charge is 2.39. The third kappa shape index (κ3) is 4.03. The fraction of sp³-hybridized carbons (Fsp3) is 0.308. The molecular weight excluding hydrogens is 325 g/mol. The minimum atomic E-state index is -4.82. The highest BCUT2D eigenvalue weighted by molar-refractivity contribution is 7.87. The van der Waals surface area contributed by atoms with Crippen molar-refractivity contribution in [2.24, 2.45) is 21.5 Å². The molecule has 4 N–H and O–H groups in total. The number of rotatable bonds is 2. The molecule has 8 nitrogen and oxygen atoms in total. The van der Waals surface area contributed by atoms with E-state index >= 15 is 0 Å². The molecule has 1 aromatic rings. The number of halogens is 1. The van der Waals surface area contributed by atoms with Crippen LogP contribution in [0.4, 0.5) is 9.57 Å². The fourth-order valence-corrected chi connectivity index (χ4v) is 2.77. The van der Waals surface area contributed by atoms with Crippen molar-refractivity contribution in [3.63, 3.8) is 0 Å². The van der Waals surface area contributed by atoms with Gasteiger partial charge in [-0.2, -0.15) is 13.4 Å². The Bertz CT molecular complexity index is 791. The molecule has 1 aromatic carbocycles. The van der Waals surface area contributed by atoms with Gasteiger partial charge in [-0.25, -0.2) is 4.99 Å². The summed E-state index contributed by atoms with van der Waals surface area (Å²) in [4.78, 5) is 20.4. The number of aryl methyl sites for hydroxylation is 1. The van der Waals surface area contributed by atoms with Crippen LogP contribution in [0.5, 0.6) is 0 Å². The van der Waals surface area contributed by atoms with Gasteiger partial charge in [0.05, 0.1) is 5.69 Å². The standard InChI is InChI=1S/C13H16FN5O3S/c1-8-4-2-3-5-10(8)17-12(15)18-13(16)19-7-9(6-11(19)20)23(14,21)22/h2-5,9H,6-7H2,1H3,(H4,15,16,17,18). The van der Waals surface area contributed by atoms with E-state index in [1.165, 1.54) is 0 Å². The Morgan fingerprint density at radius 3 is 2.57 bits per heavy atom. The van der Waals surface area contributed by atoms with Crippen LogP contribution in [0.1, 0.15) is 12.0 Å². The van der Waals surface area contributed by atoms with Crippen LogP contribution in [0.15, 0.2) is 34.3 Å². The minimum absolute atomic E-state index is 0.198. The molecule has 0 aromatic heterocycles. The molecule has 0 bridgehead atoms. The first-order valence-corrected chi connectivity index (χ1v) is 8.11. The van der Waals surface area contributed by atoms with Crippen LogP contribution in [0.25, 0.3) is 0 Å². The summed E-state index contributed by atoms with van der Waals surface area (Å²) in [6, 6.07) is 7.16. The molecule has 0 spiro atoms. The maximum absolute atomic E-state index is 13.0. The number of hydrogen-bond acceptors (Lipinski definition) is 4. The summed E-state index contributed by atoms with van der Waals surface area (Å²) in [7, 11) is -4.82. The molecule has 1 aliphatic rings. The van der Waals surface area contributed by atoms with Gasteiger partial charge in [0, 0.05) is 13.0 Å². The Kier molecular flexibility index (Phi) is 4.64. The number of carbonyl (C=O) groups excluding carboxylic acids is 1. The Hall–Kier alpha value is -2.49. The maximum atomic E-state index is 13.0. The van der Waals surface area contributed by atoms with Gasteiger partial charge in [-0.15, -0.1) is 3.89 Å². The summed E-state index contributed by atoms with van der Waals surface area (Å²) in [5.41, 5.74) is 12.8. The molecule has 1 heterocycles. The van der Waals surface area contributed by atoms with Gasteiger partial charge in [0.25, 0.3) is 0 Å². The zero-order valence-corrected chi connectivity index (χ0v) is 13.1. The molecule has 10 heteroatoms. The van der Waals surface area contributed by atoms with Gasteiger partial charge in [-0.05, 0) is 18.6 Å². The van der Waals surface area contributed by atoms with Crippen molar-refractivity contribution in [1.82, 2.24) is 4.90 Å². The van der Waals surface area contributed by atoms with Crippen molar-refractivity contribution in [3.8, 4) is 0 Å². The van der Waals surface area contributed by atoms with Crippen LogP contribution >= 0.6 is 0 Å². The number of aliphatic imine (C=N–C) groups is 2. The second kappa shape index (κ2) is 6.32. The number of guanidine groups is 2. The van der Waals surface area contributed by atoms with Crippen LogP contribution < -0.4 is 11.5 Å². The second-order valence-corrected chi connectivity index (χ2v) is 6.65. The summed E-state index contributed by atoms with van der Waals surface area (Å²) in [5.74, 6) is -1.16. The molecule has 2 rings (SSSR count).